The molecule has 2 aromatic heterocycles. The van der Waals surface area contributed by atoms with Crippen molar-refractivity contribution in [3.63, 3.8) is 0 Å². The molecule has 0 amide bonds. The quantitative estimate of drug-likeness (QED) is 0.617. The van der Waals surface area contributed by atoms with Gasteiger partial charge in [-0.2, -0.15) is 0 Å². The van der Waals surface area contributed by atoms with Crippen LogP contribution in [0.5, 0.6) is 0 Å². The van der Waals surface area contributed by atoms with Crippen molar-refractivity contribution >= 4 is 17.2 Å². The zero-order valence-corrected chi connectivity index (χ0v) is 7.54. The molecule has 0 saturated carbocycles. The molecule has 2 aromatic rings. The molecule has 2 nitrogen and oxygen atoms in total. The molecule has 12 heavy (non-hydrogen) atoms. The lowest BCUT2D eigenvalue weighted by molar-refractivity contribution is 1.10. The highest BCUT2D eigenvalue weighted by Gasteiger charge is 2.00. The van der Waals surface area contributed by atoms with Gasteiger partial charge < -0.3 is 0 Å². The van der Waals surface area contributed by atoms with E-state index < -0.39 is 0 Å². The van der Waals surface area contributed by atoms with E-state index in [2.05, 4.69) is 11.9 Å². The topological polar surface area (TPSA) is 17.3 Å². The molecule has 0 fully saturated rings. The minimum Gasteiger partial charge on any atom is -0.290 e. The Morgan fingerprint density at radius 1 is 1.50 bits per heavy atom. The first-order valence-electron chi connectivity index (χ1n) is 3.92. The standard InChI is InChI=1S/C9H9ClN2/c1-2-7-5-8(10)12-4-3-11-9(12)6-7/h3-6H,2H2,1H3. The molecule has 2 heterocycles. The fourth-order valence-corrected chi connectivity index (χ4v) is 1.52. The summed E-state index contributed by atoms with van der Waals surface area (Å²) in [5.74, 6) is 0. The van der Waals surface area contributed by atoms with Crippen LogP contribution in [0.4, 0.5) is 0 Å². The van der Waals surface area contributed by atoms with Gasteiger partial charge in [0.1, 0.15) is 10.8 Å². The second-order valence-electron chi connectivity index (χ2n) is 2.70. The Balaban J connectivity index is 2.75. The van der Waals surface area contributed by atoms with Crippen molar-refractivity contribution in [2.45, 2.75) is 13.3 Å². The average Bonchev–Trinajstić information content (AvgIpc) is 2.52. The molecule has 0 N–H and O–H groups in total. The van der Waals surface area contributed by atoms with Crippen molar-refractivity contribution in [1.29, 1.82) is 0 Å². The molecule has 3 heteroatoms. The van der Waals surface area contributed by atoms with E-state index >= 15 is 0 Å². The fourth-order valence-electron chi connectivity index (χ4n) is 1.24. The van der Waals surface area contributed by atoms with Crippen LogP contribution in [0.2, 0.25) is 5.15 Å². The predicted octanol–water partition coefficient (Wildman–Crippen LogP) is 2.55. The first-order valence-corrected chi connectivity index (χ1v) is 4.30. The molecule has 2 rings (SSSR count). The Kier molecular flexibility index (Phi) is 1.77. The number of aryl methyl sites for hydroxylation is 1. The minimum absolute atomic E-state index is 0.724. The lowest BCUT2D eigenvalue weighted by Gasteiger charge is -2.00. The first kappa shape index (κ1) is 7.62. The van der Waals surface area contributed by atoms with E-state index in [1.165, 1.54) is 5.56 Å². The summed E-state index contributed by atoms with van der Waals surface area (Å²) in [5.41, 5.74) is 2.14. The van der Waals surface area contributed by atoms with E-state index in [9.17, 15) is 0 Å². The van der Waals surface area contributed by atoms with Crippen molar-refractivity contribution in [2.75, 3.05) is 0 Å². The van der Waals surface area contributed by atoms with Gasteiger partial charge in [0.2, 0.25) is 0 Å². The molecule has 62 valence electrons. The molecule has 0 bridgehead atoms. The summed E-state index contributed by atoms with van der Waals surface area (Å²) in [4.78, 5) is 4.17. The van der Waals surface area contributed by atoms with E-state index in [0.717, 1.165) is 17.2 Å². The van der Waals surface area contributed by atoms with Crippen LogP contribution in [0.3, 0.4) is 0 Å². The summed E-state index contributed by atoms with van der Waals surface area (Å²) in [6, 6.07) is 4.02. The monoisotopic (exact) mass is 180 g/mol. The van der Waals surface area contributed by atoms with Crippen LogP contribution in [0, 0.1) is 0 Å². The maximum atomic E-state index is 6.01. The molecule has 0 radical (unpaired) electrons. The molecule has 0 aliphatic heterocycles. The second-order valence-corrected chi connectivity index (χ2v) is 3.08. The Hall–Kier alpha value is -1.02. The van der Waals surface area contributed by atoms with Gasteiger partial charge in [0.25, 0.3) is 0 Å². The molecule has 0 saturated heterocycles. The van der Waals surface area contributed by atoms with Gasteiger partial charge in [-0.15, -0.1) is 0 Å². The highest BCUT2D eigenvalue weighted by atomic mass is 35.5. The number of rotatable bonds is 1. The molecular formula is C9H9ClN2. The molecular weight excluding hydrogens is 172 g/mol. The third-order valence-corrected chi connectivity index (χ3v) is 2.22. The van der Waals surface area contributed by atoms with Crippen molar-refractivity contribution in [3.8, 4) is 0 Å². The van der Waals surface area contributed by atoms with E-state index in [1.807, 2.05) is 22.7 Å². The maximum Gasteiger partial charge on any atom is 0.138 e. The summed E-state index contributed by atoms with van der Waals surface area (Å²) in [6.45, 7) is 2.10. The summed E-state index contributed by atoms with van der Waals surface area (Å²) in [7, 11) is 0. The van der Waals surface area contributed by atoms with Crippen LogP contribution in [-0.4, -0.2) is 9.38 Å². The van der Waals surface area contributed by atoms with Gasteiger partial charge in [0, 0.05) is 12.4 Å². The van der Waals surface area contributed by atoms with Gasteiger partial charge in [-0.1, -0.05) is 18.5 Å². The minimum atomic E-state index is 0.724. The van der Waals surface area contributed by atoms with Gasteiger partial charge in [-0.05, 0) is 24.1 Å². The van der Waals surface area contributed by atoms with E-state index in [4.69, 9.17) is 11.6 Å². The third-order valence-electron chi connectivity index (χ3n) is 1.93. The molecule has 0 atom stereocenters. The van der Waals surface area contributed by atoms with Crippen LogP contribution < -0.4 is 0 Å². The third kappa shape index (κ3) is 1.08. The van der Waals surface area contributed by atoms with Gasteiger partial charge >= 0.3 is 0 Å². The largest absolute Gasteiger partial charge is 0.290 e. The zero-order chi connectivity index (χ0) is 8.55. The molecule has 0 spiro atoms. The zero-order valence-electron chi connectivity index (χ0n) is 6.79. The molecule has 0 aliphatic rings. The van der Waals surface area contributed by atoms with E-state index in [-0.39, 0.29) is 0 Å². The Bertz CT molecular complexity index is 406. The Labute approximate surface area is 75.8 Å². The van der Waals surface area contributed by atoms with Gasteiger partial charge in [-0.3, -0.25) is 4.40 Å². The van der Waals surface area contributed by atoms with Crippen LogP contribution in [-0.2, 0) is 6.42 Å². The number of fused-ring (bicyclic) bond motifs is 1. The number of pyridine rings is 1. The number of nitrogens with zero attached hydrogens (tertiary/aromatic N) is 2. The number of hydrogen-bond acceptors (Lipinski definition) is 1. The van der Waals surface area contributed by atoms with Crippen LogP contribution in [0.1, 0.15) is 12.5 Å². The normalized spacial score (nSPS) is 10.8. The van der Waals surface area contributed by atoms with Gasteiger partial charge in [0.15, 0.2) is 0 Å². The highest BCUT2D eigenvalue weighted by Crippen LogP contribution is 2.15. The summed E-state index contributed by atoms with van der Waals surface area (Å²) in [5, 5.41) is 0.724. The molecule has 0 aliphatic carbocycles. The first-order chi connectivity index (χ1) is 5.81. The van der Waals surface area contributed by atoms with Crippen molar-refractivity contribution in [3.05, 3.63) is 35.2 Å². The highest BCUT2D eigenvalue weighted by molar-refractivity contribution is 6.29. The lowest BCUT2D eigenvalue weighted by atomic mass is 10.2. The maximum absolute atomic E-state index is 6.01. The van der Waals surface area contributed by atoms with Crippen LogP contribution in [0.25, 0.3) is 5.65 Å². The Morgan fingerprint density at radius 2 is 2.33 bits per heavy atom. The van der Waals surface area contributed by atoms with Gasteiger partial charge in [0.05, 0.1) is 0 Å². The predicted molar refractivity (Wildman–Crippen MR) is 49.6 cm³/mol. The smallest absolute Gasteiger partial charge is 0.138 e. The Morgan fingerprint density at radius 3 is 3.08 bits per heavy atom. The molecule has 0 unspecified atom stereocenters. The lowest BCUT2D eigenvalue weighted by Crippen LogP contribution is -1.88. The van der Waals surface area contributed by atoms with Crippen molar-refractivity contribution < 1.29 is 0 Å². The van der Waals surface area contributed by atoms with E-state index in [1.54, 1.807) is 6.20 Å². The fraction of sp³-hybridized carbons (Fsp3) is 0.222. The summed E-state index contributed by atoms with van der Waals surface area (Å²) < 4.78 is 1.86. The number of aromatic nitrogens is 2. The van der Waals surface area contributed by atoms with Gasteiger partial charge in [-0.25, -0.2) is 4.98 Å². The molecule has 0 aromatic carbocycles. The number of imidazole rings is 1. The number of hydrogen-bond donors (Lipinski definition) is 0. The van der Waals surface area contributed by atoms with Crippen molar-refractivity contribution in [1.82, 2.24) is 9.38 Å². The summed E-state index contributed by atoms with van der Waals surface area (Å²) in [6.07, 6.45) is 4.60. The van der Waals surface area contributed by atoms with Crippen molar-refractivity contribution in [2.24, 2.45) is 0 Å². The SMILES string of the molecule is CCc1cc(Cl)n2ccnc2c1. The second kappa shape index (κ2) is 2.79. The van der Waals surface area contributed by atoms with Crippen LogP contribution >= 0.6 is 11.6 Å². The summed E-state index contributed by atoms with van der Waals surface area (Å²) >= 11 is 6.01. The van der Waals surface area contributed by atoms with Crippen LogP contribution in [0.15, 0.2) is 24.5 Å². The van der Waals surface area contributed by atoms with E-state index in [0.29, 0.717) is 0 Å². The number of halogens is 1. The average molecular weight is 181 g/mol.